The van der Waals surface area contributed by atoms with E-state index in [2.05, 4.69) is 20.4 Å². The number of thioether (sulfide) groups is 1. The van der Waals surface area contributed by atoms with Gasteiger partial charge in [0.15, 0.2) is 41.5 Å². The highest BCUT2D eigenvalue weighted by atomic mass is 32.2. The first kappa shape index (κ1) is 28.2. The van der Waals surface area contributed by atoms with Gasteiger partial charge in [0.2, 0.25) is 11.8 Å². The van der Waals surface area contributed by atoms with Crippen molar-refractivity contribution in [3.63, 3.8) is 0 Å². The summed E-state index contributed by atoms with van der Waals surface area (Å²) in [5.41, 5.74) is 16.0. The van der Waals surface area contributed by atoms with Gasteiger partial charge in [-0.1, -0.05) is 5.16 Å². The number of aromatic nitrogens is 3. The SMILES string of the molecule is NC(=O)c1cc[n+](CC2(C(=O)[O-])CS[C@@H]3C(NC(=O)C(=NOCc4csc(N)n4)c4csc(N)n4)C(=O)N3C2)cc1. The summed E-state index contributed by atoms with van der Waals surface area (Å²) in [5, 5.41) is 22.2. The number of carbonyl (C=O) groups excluding carboxylic acids is 4. The van der Waals surface area contributed by atoms with Gasteiger partial charge in [-0.2, -0.15) is 0 Å². The van der Waals surface area contributed by atoms with Gasteiger partial charge in [0.25, 0.3) is 5.91 Å². The molecule has 3 amide bonds. The maximum Gasteiger partial charge on any atom is 0.276 e. The second-order valence-corrected chi connectivity index (χ2v) is 12.2. The first-order valence-corrected chi connectivity index (χ1v) is 14.7. The number of hydrogen-bond acceptors (Lipinski definition) is 14. The number of carboxylic acids is 1. The Labute approximate surface area is 244 Å². The maximum atomic E-state index is 13.2. The number of β-lactam (4-membered cyclic amide) rings is 1. The van der Waals surface area contributed by atoms with Crippen LogP contribution in [0.1, 0.15) is 21.7 Å². The zero-order valence-electron chi connectivity index (χ0n) is 21.1. The van der Waals surface area contributed by atoms with Crippen molar-refractivity contribution in [1.82, 2.24) is 20.2 Å². The average Bonchev–Trinajstić information content (AvgIpc) is 3.57. The van der Waals surface area contributed by atoms with E-state index in [1.54, 1.807) is 22.3 Å². The molecule has 3 atom stereocenters. The summed E-state index contributed by atoms with van der Waals surface area (Å²) >= 11 is 3.55. The van der Waals surface area contributed by atoms with Crippen LogP contribution in [0.2, 0.25) is 0 Å². The summed E-state index contributed by atoms with van der Waals surface area (Å²) in [6.07, 6.45) is 3.08. The number of nitrogens with zero attached hydrogens (tertiary/aromatic N) is 5. The lowest BCUT2D eigenvalue weighted by molar-refractivity contribution is -0.707. The normalized spacial score (nSPS) is 22.0. The highest BCUT2D eigenvalue weighted by molar-refractivity contribution is 8.00. The van der Waals surface area contributed by atoms with Crippen LogP contribution < -0.4 is 32.2 Å². The first-order valence-electron chi connectivity index (χ1n) is 11.9. The summed E-state index contributed by atoms with van der Waals surface area (Å²) in [4.78, 5) is 64.8. The molecule has 0 bridgehead atoms. The Morgan fingerprint density at radius 2 is 1.90 bits per heavy atom. The van der Waals surface area contributed by atoms with Crippen molar-refractivity contribution in [1.29, 1.82) is 0 Å². The van der Waals surface area contributed by atoms with Crippen LogP contribution in [0.5, 0.6) is 0 Å². The molecule has 18 heteroatoms. The number of primary amides is 1. The number of rotatable bonds is 10. The van der Waals surface area contributed by atoms with E-state index in [1.807, 2.05) is 0 Å². The number of thiazole rings is 2. The Balaban J connectivity index is 1.27. The van der Waals surface area contributed by atoms with Gasteiger partial charge < -0.3 is 42.2 Å². The molecule has 2 aliphatic rings. The lowest BCUT2D eigenvalue weighted by atomic mass is 9.86. The van der Waals surface area contributed by atoms with Crippen LogP contribution in [0.15, 0.2) is 40.4 Å². The Morgan fingerprint density at radius 1 is 1.20 bits per heavy atom. The third-order valence-corrected chi connectivity index (χ3v) is 9.43. The first-order chi connectivity index (χ1) is 19.6. The molecule has 5 heterocycles. The van der Waals surface area contributed by atoms with Gasteiger partial charge in [-0.05, 0) is 0 Å². The van der Waals surface area contributed by atoms with Crippen molar-refractivity contribution in [3.05, 3.63) is 52.2 Å². The Bertz CT molecular complexity index is 1540. The van der Waals surface area contributed by atoms with Crippen LogP contribution in [0.25, 0.3) is 0 Å². The van der Waals surface area contributed by atoms with E-state index in [-0.39, 0.29) is 47.5 Å². The highest BCUT2D eigenvalue weighted by Crippen LogP contribution is 2.42. The van der Waals surface area contributed by atoms with E-state index in [4.69, 9.17) is 22.0 Å². The van der Waals surface area contributed by atoms with Crippen molar-refractivity contribution in [2.75, 3.05) is 23.8 Å². The van der Waals surface area contributed by atoms with Crippen molar-refractivity contribution in [2.24, 2.45) is 16.3 Å². The molecule has 2 saturated heterocycles. The molecular weight excluding hydrogens is 595 g/mol. The van der Waals surface area contributed by atoms with E-state index < -0.39 is 40.5 Å². The molecule has 2 fully saturated rings. The molecule has 0 aliphatic carbocycles. The lowest BCUT2D eigenvalue weighted by Crippen LogP contribution is -2.75. The number of nitrogen functional groups attached to an aromatic ring is 2. The standard InChI is InChI=1S/C23H23N9O6S3/c24-16(33)11-1-3-31(4-2-11)8-23(20(36)37)9-32-18(35)15(19(32)41-10-23)29-17(34)14(13-7-40-22(26)28-13)30-38-5-12-6-39-21(25)27-12/h1-4,6-7,15,19H,5,8-10H2,(H7-,24,25,26,27,28,29,33,34,36,37)/t15?,19-,23?/m1/s1. The number of oxime groups is 1. The molecule has 0 spiro atoms. The van der Waals surface area contributed by atoms with Gasteiger partial charge >= 0.3 is 0 Å². The number of carbonyl (C=O) groups is 4. The summed E-state index contributed by atoms with van der Waals surface area (Å²) in [6, 6.07) is 2.04. The summed E-state index contributed by atoms with van der Waals surface area (Å²) in [7, 11) is 0. The minimum Gasteiger partial charge on any atom is -0.549 e. The molecule has 214 valence electrons. The molecular formula is C23H23N9O6S3. The molecule has 3 aromatic rings. The van der Waals surface area contributed by atoms with Crippen molar-refractivity contribution in [2.45, 2.75) is 24.6 Å². The number of fused-ring (bicyclic) bond motifs is 1. The number of nitrogens with two attached hydrogens (primary N) is 3. The zero-order chi connectivity index (χ0) is 29.3. The van der Waals surface area contributed by atoms with Crippen molar-refractivity contribution in [3.8, 4) is 0 Å². The third kappa shape index (κ3) is 5.79. The predicted octanol–water partition coefficient (Wildman–Crippen LogP) is -2.09. The fraction of sp³-hybridized carbons (Fsp3) is 0.304. The van der Waals surface area contributed by atoms with E-state index in [0.29, 0.717) is 10.8 Å². The number of carboxylic acid groups (broad SMARTS) is 1. The summed E-state index contributed by atoms with van der Waals surface area (Å²) in [5.74, 6) is -2.97. The van der Waals surface area contributed by atoms with Gasteiger partial charge in [-0.25, -0.2) is 14.5 Å². The van der Waals surface area contributed by atoms with Crippen LogP contribution in [0.3, 0.4) is 0 Å². The summed E-state index contributed by atoms with van der Waals surface area (Å²) < 4.78 is 1.59. The van der Waals surface area contributed by atoms with Gasteiger partial charge in [0.05, 0.1) is 22.6 Å². The molecule has 41 heavy (non-hydrogen) atoms. The molecule has 0 aromatic carbocycles. The number of anilines is 2. The largest absolute Gasteiger partial charge is 0.549 e. The average molecular weight is 618 g/mol. The van der Waals surface area contributed by atoms with Crippen molar-refractivity contribution >= 4 is 74.1 Å². The van der Waals surface area contributed by atoms with E-state index in [9.17, 15) is 24.3 Å². The van der Waals surface area contributed by atoms with Crippen LogP contribution in [-0.2, 0) is 32.4 Å². The molecule has 2 unspecified atom stereocenters. The molecule has 0 radical (unpaired) electrons. The van der Waals surface area contributed by atoms with E-state index in [1.165, 1.54) is 45.5 Å². The fourth-order valence-electron chi connectivity index (χ4n) is 4.35. The molecule has 5 rings (SSSR count). The number of hydrogen-bond donors (Lipinski definition) is 4. The van der Waals surface area contributed by atoms with Crippen LogP contribution in [0, 0.1) is 5.41 Å². The lowest BCUT2D eigenvalue weighted by Gasteiger charge is -2.54. The van der Waals surface area contributed by atoms with Crippen LogP contribution >= 0.6 is 34.4 Å². The number of aliphatic carboxylic acids is 1. The molecule has 3 aromatic heterocycles. The van der Waals surface area contributed by atoms with Gasteiger partial charge in [-0.3, -0.25) is 14.4 Å². The smallest absolute Gasteiger partial charge is 0.276 e. The van der Waals surface area contributed by atoms with E-state index >= 15 is 0 Å². The van der Waals surface area contributed by atoms with Crippen LogP contribution in [0.4, 0.5) is 10.3 Å². The van der Waals surface area contributed by atoms with Gasteiger partial charge in [0.1, 0.15) is 17.1 Å². The number of pyridine rings is 1. The molecule has 7 N–H and O–H groups in total. The quantitative estimate of drug-likeness (QED) is 0.0832. The maximum absolute atomic E-state index is 13.2. The second kappa shape index (κ2) is 11.3. The van der Waals surface area contributed by atoms with Crippen molar-refractivity contribution < 1.29 is 33.7 Å². The Hall–Kier alpha value is -4.29. The topological polar surface area (TPSA) is 236 Å². The molecule has 2 aliphatic heterocycles. The minimum atomic E-state index is -1.40. The van der Waals surface area contributed by atoms with E-state index in [0.717, 1.165) is 11.3 Å². The highest BCUT2D eigenvalue weighted by Gasteiger charge is 2.57. The van der Waals surface area contributed by atoms with Crippen LogP contribution in [-0.4, -0.2) is 68.0 Å². The third-order valence-electron chi connectivity index (χ3n) is 6.44. The van der Waals surface area contributed by atoms with Gasteiger partial charge in [-0.15, -0.1) is 34.4 Å². The Morgan fingerprint density at radius 3 is 2.51 bits per heavy atom. The summed E-state index contributed by atoms with van der Waals surface area (Å²) in [6.45, 7) is -0.168. The number of amides is 3. The monoisotopic (exact) mass is 617 g/mol. The number of nitrogens with one attached hydrogen (secondary N) is 1. The van der Waals surface area contributed by atoms with Gasteiger partial charge in [0, 0.05) is 35.2 Å². The minimum absolute atomic E-state index is 0.00106. The molecule has 0 saturated carbocycles. The fourth-order valence-corrected chi connectivity index (χ4v) is 6.97. The molecule has 15 nitrogen and oxygen atoms in total. The Kier molecular flexibility index (Phi) is 7.78. The zero-order valence-corrected chi connectivity index (χ0v) is 23.5. The second-order valence-electron chi connectivity index (χ2n) is 9.27. The predicted molar refractivity (Wildman–Crippen MR) is 147 cm³/mol.